The van der Waals surface area contributed by atoms with E-state index in [1.807, 2.05) is 42.5 Å². The Hall–Kier alpha value is -2.56. The van der Waals surface area contributed by atoms with Crippen molar-refractivity contribution in [2.45, 2.75) is 44.7 Å². The normalized spacial score (nSPS) is 15.6. The number of nitrogens with one attached hydrogen (secondary N) is 1. The van der Waals surface area contributed by atoms with Crippen LogP contribution in [0.4, 0.5) is 0 Å². The molecule has 0 heterocycles. The molecule has 0 aliphatic heterocycles. The van der Waals surface area contributed by atoms with Crippen LogP contribution in [-0.4, -0.2) is 42.5 Å². The Morgan fingerprint density at radius 1 is 1.15 bits per heavy atom. The minimum Gasteiger partial charge on any atom is -0.483 e. The third kappa shape index (κ3) is 4.15. The van der Waals surface area contributed by atoms with Crippen molar-refractivity contribution in [2.75, 3.05) is 13.7 Å². The molecule has 1 N–H and O–H groups in total. The molecule has 0 bridgehead atoms. The predicted octanol–water partition coefficient (Wildman–Crippen LogP) is 3.12. The number of fused-ring (bicyclic) bond motifs is 1. The Balaban J connectivity index is 1.57. The summed E-state index contributed by atoms with van der Waals surface area (Å²) in [5, 5.41) is 5.07. The zero-order chi connectivity index (χ0) is 18.5. The van der Waals surface area contributed by atoms with Crippen molar-refractivity contribution in [3.8, 4) is 5.75 Å². The number of rotatable bonds is 6. The number of hydrogen-bond donors (Lipinski definition) is 1. The molecule has 2 aromatic carbocycles. The molecule has 1 atom stereocenters. The predicted molar refractivity (Wildman–Crippen MR) is 102 cm³/mol. The van der Waals surface area contributed by atoms with Crippen LogP contribution in [0.5, 0.6) is 5.75 Å². The maximum Gasteiger partial charge on any atom is 0.260 e. The van der Waals surface area contributed by atoms with Gasteiger partial charge in [0.05, 0.1) is 0 Å². The van der Waals surface area contributed by atoms with Crippen molar-refractivity contribution >= 4 is 22.6 Å². The van der Waals surface area contributed by atoms with E-state index in [2.05, 4.69) is 5.32 Å². The summed E-state index contributed by atoms with van der Waals surface area (Å²) in [5.74, 6) is 0.359. The number of benzene rings is 2. The van der Waals surface area contributed by atoms with Crippen molar-refractivity contribution in [3.63, 3.8) is 0 Å². The lowest BCUT2D eigenvalue weighted by atomic mass is 10.1. The SMILES string of the molecule is CC(C(=O)NC1CCCC1)N(C)C(=O)COc1cccc2ccccc12. The standard InChI is InChI=1S/C21H26N2O3/c1-15(21(25)22-17-10-4-5-11-17)23(2)20(24)14-26-19-13-7-9-16-8-3-6-12-18(16)19/h3,6-9,12-13,15,17H,4-5,10-11,14H2,1-2H3,(H,22,25). The number of nitrogens with zero attached hydrogens (tertiary/aromatic N) is 1. The average molecular weight is 354 g/mol. The van der Waals surface area contributed by atoms with Crippen LogP contribution in [0.15, 0.2) is 42.5 Å². The van der Waals surface area contributed by atoms with Gasteiger partial charge in [-0.1, -0.05) is 49.2 Å². The molecule has 1 aliphatic carbocycles. The molecular weight excluding hydrogens is 328 g/mol. The number of carbonyl (C=O) groups excluding carboxylic acids is 2. The van der Waals surface area contributed by atoms with Gasteiger partial charge < -0.3 is 15.0 Å². The molecule has 1 saturated carbocycles. The second-order valence-electron chi connectivity index (χ2n) is 6.94. The van der Waals surface area contributed by atoms with Gasteiger partial charge in [-0.05, 0) is 31.2 Å². The summed E-state index contributed by atoms with van der Waals surface area (Å²) < 4.78 is 5.74. The van der Waals surface area contributed by atoms with Crippen molar-refractivity contribution in [2.24, 2.45) is 0 Å². The van der Waals surface area contributed by atoms with Crippen LogP contribution in [-0.2, 0) is 9.59 Å². The molecule has 138 valence electrons. The summed E-state index contributed by atoms with van der Waals surface area (Å²) in [6.07, 6.45) is 4.38. The van der Waals surface area contributed by atoms with Crippen LogP contribution in [0.1, 0.15) is 32.6 Å². The van der Waals surface area contributed by atoms with Gasteiger partial charge in [-0.15, -0.1) is 0 Å². The van der Waals surface area contributed by atoms with E-state index in [1.54, 1.807) is 14.0 Å². The maximum absolute atomic E-state index is 12.5. The molecule has 26 heavy (non-hydrogen) atoms. The fourth-order valence-electron chi connectivity index (χ4n) is 3.35. The number of carbonyl (C=O) groups is 2. The highest BCUT2D eigenvalue weighted by molar-refractivity contribution is 5.90. The molecule has 0 spiro atoms. The highest BCUT2D eigenvalue weighted by Crippen LogP contribution is 2.25. The Morgan fingerprint density at radius 2 is 1.85 bits per heavy atom. The lowest BCUT2D eigenvalue weighted by Crippen LogP contribution is -2.49. The Labute approximate surface area is 154 Å². The second-order valence-corrected chi connectivity index (χ2v) is 6.94. The molecular formula is C21H26N2O3. The van der Waals surface area contributed by atoms with Crippen LogP contribution >= 0.6 is 0 Å². The summed E-state index contributed by atoms with van der Waals surface area (Å²) in [7, 11) is 1.65. The van der Waals surface area contributed by atoms with Gasteiger partial charge in [-0.25, -0.2) is 0 Å². The van der Waals surface area contributed by atoms with Gasteiger partial charge in [0.2, 0.25) is 5.91 Å². The lowest BCUT2D eigenvalue weighted by Gasteiger charge is -2.25. The first-order chi connectivity index (χ1) is 12.6. The van der Waals surface area contributed by atoms with Gasteiger partial charge in [-0.3, -0.25) is 9.59 Å². The van der Waals surface area contributed by atoms with Gasteiger partial charge in [0, 0.05) is 18.5 Å². The Kier molecular flexibility index (Phi) is 5.76. The summed E-state index contributed by atoms with van der Waals surface area (Å²) in [6, 6.07) is 13.4. The fourth-order valence-corrected chi connectivity index (χ4v) is 3.35. The molecule has 0 saturated heterocycles. The molecule has 1 fully saturated rings. The molecule has 0 radical (unpaired) electrons. The molecule has 3 rings (SSSR count). The summed E-state index contributed by atoms with van der Waals surface area (Å²) in [6.45, 7) is 1.66. The van der Waals surface area contributed by atoms with Crippen LogP contribution in [0.25, 0.3) is 10.8 Å². The van der Waals surface area contributed by atoms with Gasteiger partial charge in [0.15, 0.2) is 6.61 Å². The minimum absolute atomic E-state index is 0.0917. The van der Waals surface area contributed by atoms with E-state index in [1.165, 1.54) is 4.90 Å². The van der Waals surface area contributed by atoms with Crippen LogP contribution in [0.3, 0.4) is 0 Å². The Bertz CT molecular complexity index is 778. The van der Waals surface area contributed by atoms with Crippen LogP contribution in [0.2, 0.25) is 0 Å². The molecule has 2 aromatic rings. The lowest BCUT2D eigenvalue weighted by molar-refractivity contribution is -0.140. The van der Waals surface area contributed by atoms with Gasteiger partial charge >= 0.3 is 0 Å². The van der Waals surface area contributed by atoms with Crippen molar-refractivity contribution < 1.29 is 14.3 Å². The average Bonchev–Trinajstić information content (AvgIpc) is 3.17. The van der Waals surface area contributed by atoms with Crippen molar-refractivity contribution in [1.29, 1.82) is 0 Å². The monoisotopic (exact) mass is 354 g/mol. The third-order valence-corrected chi connectivity index (χ3v) is 5.16. The zero-order valence-corrected chi connectivity index (χ0v) is 15.4. The van der Waals surface area contributed by atoms with E-state index < -0.39 is 6.04 Å². The van der Waals surface area contributed by atoms with E-state index in [4.69, 9.17) is 4.74 Å². The zero-order valence-electron chi connectivity index (χ0n) is 15.4. The first kappa shape index (κ1) is 18.2. The van der Waals surface area contributed by atoms with Crippen LogP contribution in [0, 0.1) is 0 Å². The largest absolute Gasteiger partial charge is 0.483 e. The van der Waals surface area contributed by atoms with E-state index in [-0.39, 0.29) is 24.5 Å². The topological polar surface area (TPSA) is 58.6 Å². The quantitative estimate of drug-likeness (QED) is 0.867. The number of amides is 2. The molecule has 0 aromatic heterocycles. The van der Waals surface area contributed by atoms with E-state index in [9.17, 15) is 9.59 Å². The summed E-state index contributed by atoms with van der Waals surface area (Å²) >= 11 is 0. The molecule has 2 amide bonds. The fraction of sp³-hybridized carbons (Fsp3) is 0.429. The summed E-state index contributed by atoms with van der Waals surface area (Å²) in [4.78, 5) is 26.3. The summed E-state index contributed by atoms with van der Waals surface area (Å²) in [5.41, 5.74) is 0. The van der Waals surface area contributed by atoms with Gasteiger partial charge in [0.25, 0.3) is 5.91 Å². The van der Waals surface area contributed by atoms with E-state index in [0.29, 0.717) is 5.75 Å². The van der Waals surface area contributed by atoms with Gasteiger partial charge in [0.1, 0.15) is 11.8 Å². The highest BCUT2D eigenvalue weighted by atomic mass is 16.5. The number of likely N-dealkylation sites (N-methyl/N-ethyl adjacent to an activating group) is 1. The molecule has 5 heteroatoms. The smallest absolute Gasteiger partial charge is 0.260 e. The van der Waals surface area contributed by atoms with Crippen molar-refractivity contribution in [1.82, 2.24) is 10.2 Å². The number of hydrogen-bond acceptors (Lipinski definition) is 3. The first-order valence-electron chi connectivity index (χ1n) is 9.23. The first-order valence-corrected chi connectivity index (χ1v) is 9.23. The molecule has 5 nitrogen and oxygen atoms in total. The molecule has 1 aliphatic rings. The highest BCUT2D eigenvalue weighted by Gasteiger charge is 2.25. The van der Waals surface area contributed by atoms with E-state index >= 15 is 0 Å². The molecule has 1 unspecified atom stereocenters. The van der Waals surface area contributed by atoms with Gasteiger partial charge in [-0.2, -0.15) is 0 Å². The van der Waals surface area contributed by atoms with E-state index in [0.717, 1.165) is 36.5 Å². The van der Waals surface area contributed by atoms with Crippen molar-refractivity contribution in [3.05, 3.63) is 42.5 Å². The maximum atomic E-state index is 12.5. The minimum atomic E-state index is -0.515. The Morgan fingerprint density at radius 3 is 2.62 bits per heavy atom. The van der Waals surface area contributed by atoms with Crippen LogP contribution < -0.4 is 10.1 Å². The number of ether oxygens (including phenoxy) is 1. The third-order valence-electron chi connectivity index (χ3n) is 5.16. The second kappa shape index (κ2) is 8.21.